The fourth-order valence-electron chi connectivity index (χ4n) is 5.30. The lowest BCUT2D eigenvalue weighted by Gasteiger charge is -2.34. The number of hydrogen-bond donors (Lipinski definition) is 2. The smallest absolute Gasteiger partial charge is 0.414 e. The van der Waals surface area contributed by atoms with Crippen molar-refractivity contribution in [3.05, 3.63) is 45.8 Å². The number of benzene rings is 1. The minimum atomic E-state index is -3.67. The lowest BCUT2D eigenvalue weighted by Crippen LogP contribution is -2.43. The number of nitrogens with one attached hydrogen (secondary N) is 2. The van der Waals surface area contributed by atoms with Gasteiger partial charge in [-0.2, -0.15) is 4.31 Å². The van der Waals surface area contributed by atoms with Crippen LogP contribution in [-0.2, 0) is 27.7 Å². The molecule has 2 aliphatic heterocycles. The van der Waals surface area contributed by atoms with Crippen LogP contribution in [0.5, 0.6) is 0 Å². The standard InChI is InChI=1S/C28H38N4O6S2/c1-5-20-9-7-8-15-32(20)40(36,37)21-12-10-19(11-13-21)25(33)29-27-24(26(34)30-28(35)38-6-2)22-14-16-31(18(3)4)17-23(22)39-27/h10-13,18,20H,5-9,14-17H2,1-4H3,(H,29,33)(H,30,34,35). The zero-order chi connectivity index (χ0) is 29.0. The van der Waals surface area contributed by atoms with Gasteiger partial charge in [0.25, 0.3) is 11.8 Å². The van der Waals surface area contributed by atoms with E-state index in [-0.39, 0.29) is 28.7 Å². The van der Waals surface area contributed by atoms with E-state index < -0.39 is 27.9 Å². The molecule has 2 N–H and O–H groups in total. The number of thiophene rings is 1. The minimum absolute atomic E-state index is 0.0163. The average Bonchev–Trinajstić information content (AvgIpc) is 3.30. The van der Waals surface area contributed by atoms with Crippen LogP contribution in [0.2, 0.25) is 0 Å². The van der Waals surface area contributed by atoms with E-state index in [9.17, 15) is 22.8 Å². The van der Waals surface area contributed by atoms with Crippen molar-refractivity contribution in [1.29, 1.82) is 0 Å². The molecule has 0 radical (unpaired) electrons. The SMILES string of the molecule is CCOC(=O)NC(=O)c1c(NC(=O)c2ccc(S(=O)(=O)N3CCCCC3CC)cc2)sc2c1CCN(C(C)C)C2. The molecule has 1 unspecified atom stereocenters. The van der Waals surface area contributed by atoms with E-state index in [2.05, 4.69) is 29.4 Å². The van der Waals surface area contributed by atoms with E-state index in [4.69, 9.17) is 4.74 Å². The molecule has 3 heterocycles. The fraction of sp³-hybridized carbons (Fsp3) is 0.536. The first kappa shape index (κ1) is 30.2. The molecule has 12 heteroatoms. The Labute approximate surface area is 240 Å². The number of fused-ring (bicyclic) bond motifs is 1. The third-order valence-electron chi connectivity index (χ3n) is 7.53. The lowest BCUT2D eigenvalue weighted by molar-refractivity contribution is 0.0924. The summed E-state index contributed by atoms with van der Waals surface area (Å²) in [7, 11) is -3.67. The molecule has 218 valence electrons. The molecule has 1 fully saturated rings. The van der Waals surface area contributed by atoms with E-state index in [1.807, 2.05) is 6.92 Å². The van der Waals surface area contributed by atoms with Crippen LogP contribution in [0.25, 0.3) is 0 Å². The van der Waals surface area contributed by atoms with Crippen LogP contribution < -0.4 is 10.6 Å². The number of carbonyl (C=O) groups is 3. The monoisotopic (exact) mass is 590 g/mol. The van der Waals surface area contributed by atoms with Gasteiger partial charge in [-0.1, -0.05) is 13.3 Å². The van der Waals surface area contributed by atoms with Gasteiger partial charge in [-0.05, 0) is 76.3 Å². The molecule has 40 heavy (non-hydrogen) atoms. The van der Waals surface area contributed by atoms with Crippen LogP contribution in [0.1, 0.15) is 84.5 Å². The van der Waals surface area contributed by atoms with Crippen LogP contribution in [0.4, 0.5) is 9.80 Å². The van der Waals surface area contributed by atoms with Crippen LogP contribution in [0.3, 0.4) is 0 Å². The van der Waals surface area contributed by atoms with Crippen molar-refractivity contribution in [2.24, 2.45) is 0 Å². The number of rotatable bonds is 8. The Bertz CT molecular complexity index is 1350. The van der Waals surface area contributed by atoms with E-state index in [0.717, 1.165) is 42.7 Å². The van der Waals surface area contributed by atoms with Crippen LogP contribution in [0, 0.1) is 0 Å². The first-order valence-electron chi connectivity index (χ1n) is 13.9. The molecule has 10 nitrogen and oxygen atoms in total. The van der Waals surface area contributed by atoms with Gasteiger partial charge in [0.2, 0.25) is 10.0 Å². The molecule has 1 aromatic heterocycles. The predicted octanol–water partition coefficient (Wildman–Crippen LogP) is 4.61. The van der Waals surface area contributed by atoms with Crippen molar-refractivity contribution in [3.63, 3.8) is 0 Å². The van der Waals surface area contributed by atoms with E-state index in [1.165, 1.54) is 35.6 Å². The zero-order valence-corrected chi connectivity index (χ0v) is 25.1. The summed E-state index contributed by atoms with van der Waals surface area (Å²) >= 11 is 1.31. The normalized spacial score (nSPS) is 18.3. The van der Waals surface area contributed by atoms with Crippen molar-refractivity contribution < 1.29 is 27.5 Å². The molecule has 4 rings (SSSR count). The maximum absolute atomic E-state index is 13.3. The van der Waals surface area contributed by atoms with Gasteiger partial charge in [-0.15, -0.1) is 11.3 Å². The number of sulfonamides is 1. The summed E-state index contributed by atoms with van der Waals surface area (Å²) in [6.45, 7) is 9.85. The third-order valence-corrected chi connectivity index (χ3v) is 10.6. The van der Waals surface area contributed by atoms with Crippen molar-refractivity contribution in [2.75, 3.05) is 25.0 Å². The average molecular weight is 591 g/mol. The number of carbonyl (C=O) groups excluding carboxylic acids is 3. The Balaban J connectivity index is 1.57. The topological polar surface area (TPSA) is 125 Å². The summed E-state index contributed by atoms with van der Waals surface area (Å²) in [5.74, 6) is -1.10. The third kappa shape index (κ3) is 6.40. The van der Waals surface area contributed by atoms with Gasteiger partial charge in [0.05, 0.1) is 17.1 Å². The number of piperidine rings is 1. The molecule has 1 atom stereocenters. The molecule has 1 aromatic carbocycles. The minimum Gasteiger partial charge on any atom is -0.450 e. The zero-order valence-electron chi connectivity index (χ0n) is 23.5. The molecule has 0 bridgehead atoms. The first-order valence-corrected chi connectivity index (χ1v) is 16.1. The molecule has 0 aliphatic carbocycles. The summed E-state index contributed by atoms with van der Waals surface area (Å²) in [6, 6.07) is 6.19. The van der Waals surface area contributed by atoms with Crippen LogP contribution in [0.15, 0.2) is 29.2 Å². The van der Waals surface area contributed by atoms with Gasteiger partial charge in [-0.25, -0.2) is 13.2 Å². The highest BCUT2D eigenvalue weighted by atomic mass is 32.2. The first-order chi connectivity index (χ1) is 19.1. The van der Waals surface area contributed by atoms with Gasteiger partial charge in [0, 0.05) is 42.2 Å². The lowest BCUT2D eigenvalue weighted by atomic mass is 10.0. The van der Waals surface area contributed by atoms with Gasteiger partial charge >= 0.3 is 6.09 Å². The molecule has 3 amide bonds. The van der Waals surface area contributed by atoms with Crippen molar-refractivity contribution >= 4 is 44.3 Å². The Morgan fingerprint density at radius 2 is 1.80 bits per heavy atom. The summed E-state index contributed by atoms with van der Waals surface area (Å²) in [5, 5.41) is 5.44. The second-order valence-corrected chi connectivity index (χ2v) is 13.3. The van der Waals surface area contributed by atoms with Crippen molar-refractivity contribution in [1.82, 2.24) is 14.5 Å². The molecular formula is C28H38N4O6S2. The highest BCUT2D eigenvalue weighted by molar-refractivity contribution is 7.89. The van der Waals surface area contributed by atoms with E-state index in [1.54, 1.807) is 11.2 Å². The molecule has 2 aromatic rings. The van der Waals surface area contributed by atoms with Crippen LogP contribution in [-0.4, -0.2) is 67.3 Å². The summed E-state index contributed by atoms with van der Waals surface area (Å²) < 4.78 is 33.1. The summed E-state index contributed by atoms with van der Waals surface area (Å²) in [6.07, 6.45) is 3.22. The quantitative estimate of drug-likeness (QED) is 0.460. The number of alkyl carbamates (subject to hydrolysis) is 1. The Morgan fingerprint density at radius 1 is 1.07 bits per heavy atom. The highest BCUT2D eigenvalue weighted by Gasteiger charge is 2.33. The predicted molar refractivity (Wildman–Crippen MR) is 154 cm³/mol. The Morgan fingerprint density at radius 3 is 2.45 bits per heavy atom. The van der Waals surface area contributed by atoms with E-state index >= 15 is 0 Å². The van der Waals surface area contributed by atoms with Crippen molar-refractivity contribution in [3.8, 4) is 0 Å². The molecule has 0 saturated carbocycles. The molecule has 1 saturated heterocycles. The Kier molecular flexibility index (Phi) is 9.65. The molecular weight excluding hydrogens is 552 g/mol. The maximum Gasteiger partial charge on any atom is 0.414 e. The van der Waals surface area contributed by atoms with Crippen LogP contribution >= 0.6 is 11.3 Å². The number of imide groups is 1. The molecule has 2 aliphatic rings. The Hall–Kier alpha value is -2.80. The number of nitrogens with zero attached hydrogens (tertiary/aromatic N) is 2. The number of hydrogen-bond acceptors (Lipinski definition) is 8. The second-order valence-electron chi connectivity index (χ2n) is 10.3. The largest absolute Gasteiger partial charge is 0.450 e. The maximum atomic E-state index is 13.3. The fourth-order valence-corrected chi connectivity index (χ4v) is 8.34. The van der Waals surface area contributed by atoms with Gasteiger partial charge < -0.3 is 10.1 Å². The summed E-state index contributed by atoms with van der Waals surface area (Å²) in [4.78, 5) is 41.8. The van der Waals surface area contributed by atoms with Gasteiger partial charge in [0.15, 0.2) is 0 Å². The van der Waals surface area contributed by atoms with Gasteiger partial charge in [0.1, 0.15) is 5.00 Å². The summed E-state index contributed by atoms with van der Waals surface area (Å²) in [5.41, 5.74) is 1.34. The van der Waals surface area contributed by atoms with Gasteiger partial charge in [-0.3, -0.25) is 19.8 Å². The molecule has 0 spiro atoms. The highest BCUT2D eigenvalue weighted by Crippen LogP contribution is 2.38. The van der Waals surface area contributed by atoms with E-state index in [0.29, 0.717) is 30.6 Å². The number of ether oxygens (including phenoxy) is 1. The number of amides is 3. The number of anilines is 1. The second kappa shape index (κ2) is 12.8. The van der Waals surface area contributed by atoms with Crippen molar-refractivity contribution in [2.45, 2.75) is 83.3 Å².